The lowest BCUT2D eigenvalue weighted by atomic mass is 9.95. The Labute approximate surface area is 139 Å². The van der Waals surface area contributed by atoms with Gasteiger partial charge in [0.1, 0.15) is 6.61 Å². The van der Waals surface area contributed by atoms with Crippen molar-refractivity contribution in [3.8, 4) is 0 Å². The summed E-state index contributed by atoms with van der Waals surface area (Å²) in [6.45, 7) is 5.19. The summed E-state index contributed by atoms with van der Waals surface area (Å²) in [5.74, 6) is -1.02. The number of carbonyl (C=O) groups is 3. The quantitative estimate of drug-likeness (QED) is 0.634. The topological polar surface area (TPSA) is 93.7 Å². The molecule has 2 amide bonds. The lowest BCUT2D eigenvalue weighted by Crippen LogP contribution is -2.45. The second-order valence-electron chi connectivity index (χ2n) is 5.07. The minimum Gasteiger partial charge on any atom is -0.465 e. The van der Waals surface area contributed by atoms with Crippen LogP contribution in [0.25, 0.3) is 0 Å². The number of methoxy groups -OCH3 is 1. The van der Waals surface area contributed by atoms with Crippen LogP contribution < -0.4 is 10.6 Å². The van der Waals surface area contributed by atoms with E-state index in [2.05, 4.69) is 21.9 Å². The maximum atomic E-state index is 12.3. The van der Waals surface area contributed by atoms with Crippen molar-refractivity contribution in [3.63, 3.8) is 0 Å². The highest BCUT2D eigenvalue weighted by Gasteiger charge is 2.32. The first-order valence-electron chi connectivity index (χ1n) is 7.22. The van der Waals surface area contributed by atoms with Crippen molar-refractivity contribution in [1.82, 2.24) is 10.6 Å². The van der Waals surface area contributed by atoms with Gasteiger partial charge in [-0.15, -0.1) is 0 Å². The fraction of sp³-hybridized carbons (Fsp3) is 0.235. The number of carbonyl (C=O) groups excluding carboxylic acids is 3. The van der Waals surface area contributed by atoms with Crippen molar-refractivity contribution < 1.29 is 23.9 Å². The van der Waals surface area contributed by atoms with Gasteiger partial charge in [0.2, 0.25) is 0 Å². The van der Waals surface area contributed by atoms with E-state index in [1.165, 1.54) is 13.2 Å². The maximum absolute atomic E-state index is 12.3. The molecule has 1 aliphatic heterocycles. The highest BCUT2D eigenvalue weighted by atomic mass is 16.5. The molecule has 0 unspecified atom stereocenters. The molecule has 2 N–H and O–H groups in total. The normalized spacial score (nSPS) is 16.8. The van der Waals surface area contributed by atoms with Crippen molar-refractivity contribution in [2.24, 2.45) is 0 Å². The van der Waals surface area contributed by atoms with Gasteiger partial charge in [-0.2, -0.15) is 0 Å². The zero-order valence-electron chi connectivity index (χ0n) is 13.4. The Kier molecular flexibility index (Phi) is 5.36. The van der Waals surface area contributed by atoms with Crippen LogP contribution in [0.2, 0.25) is 0 Å². The predicted octanol–water partition coefficient (Wildman–Crippen LogP) is 1.83. The van der Waals surface area contributed by atoms with Crippen molar-refractivity contribution >= 4 is 18.0 Å². The number of urea groups is 1. The molecule has 1 atom stereocenters. The molecule has 2 rings (SSSR count). The molecule has 126 valence electrons. The average Bonchev–Trinajstić information content (AvgIpc) is 2.58. The van der Waals surface area contributed by atoms with Crippen LogP contribution in [0.1, 0.15) is 28.9 Å². The fourth-order valence-corrected chi connectivity index (χ4v) is 2.36. The van der Waals surface area contributed by atoms with E-state index in [9.17, 15) is 14.4 Å². The van der Waals surface area contributed by atoms with Crippen LogP contribution >= 0.6 is 0 Å². The Morgan fingerprint density at radius 2 is 1.92 bits per heavy atom. The zero-order chi connectivity index (χ0) is 17.7. The Balaban J connectivity index is 2.35. The van der Waals surface area contributed by atoms with Crippen molar-refractivity contribution in [2.75, 3.05) is 13.7 Å². The summed E-state index contributed by atoms with van der Waals surface area (Å²) in [7, 11) is 1.29. The third kappa shape index (κ3) is 3.62. The Hall–Kier alpha value is -3.09. The van der Waals surface area contributed by atoms with Crippen LogP contribution in [0, 0.1) is 0 Å². The van der Waals surface area contributed by atoms with Gasteiger partial charge in [0.05, 0.1) is 24.3 Å². The molecule has 1 aliphatic rings. The number of esters is 2. The summed E-state index contributed by atoms with van der Waals surface area (Å²) < 4.78 is 9.73. The number of amides is 2. The van der Waals surface area contributed by atoms with E-state index in [-0.39, 0.29) is 6.61 Å². The number of nitrogens with one attached hydrogen (secondary N) is 2. The van der Waals surface area contributed by atoms with Crippen LogP contribution in [0.5, 0.6) is 0 Å². The number of benzene rings is 1. The molecule has 0 fully saturated rings. The molecule has 0 aromatic heterocycles. The first-order valence-corrected chi connectivity index (χ1v) is 7.22. The SMILES string of the molecule is C=CCOC(=O)C1=C(C)NC(=O)N[C@H]1c1ccc(C(=O)OC)cc1. The summed E-state index contributed by atoms with van der Waals surface area (Å²) in [5.41, 5.74) is 1.72. The molecule has 1 heterocycles. The van der Waals surface area contributed by atoms with Crippen LogP contribution in [-0.2, 0) is 14.3 Å². The number of hydrogen-bond donors (Lipinski definition) is 2. The number of ether oxygens (including phenoxy) is 2. The van der Waals surface area contributed by atoms with Gasteiger partial charge in [0.15, 0.2) is 0 Å². The molecule has 0 saturated carbocycles. The van der Waals surface area contributed by atoms with Crippen molar-refractivity contribution in [2.45, 2.75) is 13.0 Å². The van der Waals surface area contributed by atoms with E-state index in [1.807, 2.05) is 0 Å². The minimum atomic E-state index is -0.678. The first-order chi connectivity index (χ1) is 11.5. The van der Waals surface area contributed by atoms with Crippen LogP contribution in [0.3, 0.4) is 0 Å². The van der Waals surface area contributed by atoms with E-state index in [1.54, 1.807) is 31.2 Å². The average molecular weight is 330 g/mol. The highest BCUT2D eigenvalue weighted by molar-refractivity contribution is 5.95. The standard InChI is InChI=1S/C17H18N2O5/c1-4-9-24-16(21)13-10(2)18-17(22)19-14(13)11-5-7-12(8-6-11)15(20)23-3/h4-8,14H,1,9H2,2-3H3,(H2,18,19,22)/t14-/m0/s1. The van der Waals surface area contributed by atoms with Crippen molar-refractivity contribution in [3.05, 3.63) is 59.3 Å². The molecule has 1 aromatic carbocycles. The smallest absolute Gasteiger partial charge is 0.338 e. The largest absolute Gasteiger partial charge is 0.465 e. The third-order valence-corrected chi connectivity index (χ3v) is 3.49. The molecular weight excluding hydrogens is 312 g/mol. The van der Waals surface area contributed by atoms with E-state index in [0.29, 0.717) is 22.4 Å². The Morgan fingerprint density at radius 3 is 2.50 bits per heavy atom. The Morgan fingerprint density at radius 1 is 1.25 bits per heavy atom. The highest BCUT2D eigenvalue weighted by Crippen LogP contribution is 2.27. The van der Waals surface area contributed by atoms with Gasteiger partial charge in [-0.3, -0.25) is 0 Å². The van der Waals surface area contributed by atoms with Crippen LogP contribution in [0.4, 0.5) is 4.79 Å². The molecule has 0 radical (unpaired) electrons. The molecule has 7 heteroatoms. The summed E-state index contributed by atoms with van der Waals surface area (Å²) in [4.78, 5) is 35.5. The van der Waals surface area contributed by atoms with E-state index < -0.39 is 24.0 Å². The second-order valence-corrected chi connectivity index (χ2v) is 5.07. The molecular formula is C17H18N2O5. The van der Waals surface area contributed by atoms with E-state index in [4.69, 9.17) is 4.74 Å². The van der Waals surface area contributed by atoms with Gasteiger partial charge < -0.3 is 20.1 Å². The summed E-state index contributed by atoms with van der Waals surface area (Å²) in [5, 5.41) is 5.24. The fourth-order valence-electron chi connectivity index (χ4n) is 2.36. The molecule has 0 saturated heterocycles. The lowest BCUT2D eigenvalue weighted by molar-refractivity contribution is -0.138. The number of rotatable bonds is 5. The van der Waals surface area contributed by atoms with Crippen LogP contribution in [-0.4, -0.2) is 31.7 Å². The second kappa shape index (κ2) is 7.45. The summed E-state index contributed by atoms with van der Waals surface area (Å²) >= 11 is 0. The summed E-state index contributed by atoms with van der Waals surface area (Å²) in [6.07, 6.45) is 1.46. The molecule has 0 bridgehead atoms. The van der Waals surface area contributed by atoms with Gasteiger partial charge >= 0.3 is 18.0 Å². The van der Waals surface area contributed by atoms with E-state index in [0.717, 1.165) is 0 Å². The molecule has 24 heavy (non-hydrogen) atoms. The molecule has 7 nitrogen and oxygen atoms in total. The van der Waals surface area contributed by atoms with Gasteiger partial charge in [-0.25, -0.2) is 14.4 Å². The minimum absolute atomic E-state index is 0.0670. The number of allylic oxidation sites excluding steroid dienone is 1. The van der Waals surface area contributed by atoms with Gasteiger partial charge in [-0.05, 0) is 24.6 Å². The monoisotopic (exact) mass is 330 g/mol. The lowest BCUT2D eigenvalue weighted by Gasteiger charge is -2.28. The maximum Gasteiger partial charge on any atom is 0.338 e. The van der Waals surface area contributed by atoms with Gasteiger partial charge in [0.25, 0.3) is 0 Å². The zero-order valence-corrected chi connectivity index (χ0v) is 13.4. The summed E-state index contributed by atoms with van der Waals surface area (Å²) in [6, 6.07) is 5.33. The molecule has 0 aliphatic carbocycles. The van der Waals surface area contributed by atoms with Gasteiger partial charge in [0, 0.05) is 5.70 Å². The third-order valence-electron chi connectivity index (χ3n) is 3.49. The van der Waals surface area contributed by atoms with Gasteiger partial charge in [-0.1, -0.05) is 24.8 Å². The predicted molar refractivity (Wildman–Crippen MR) is 86.0 cm³/mol. The van der Waals surface area contributed by atoms with Crippen molar-refractivity contribution in [1.29, 1.82) is 0 Å². The Bertz CT molecular complexity index is 706. The van der Waals surface area contributed by atoms with Crippen LogP contribution in [0.15, 0.2) is 48.2 Å². The first kappa shape index (κ1) is 17.3. The van der Waals surface area contributed by atoms with E-state index >= 15 is 0 Å². The molecule has 0 spiro atoms. The number of hydrogen-bond acceptors (Lipinski definition) is 5. The molecule has 1 aromatic rings.